The lowest BCUT2D eigenvalue weighted by Gasteiger charge is -2.17. The Morgan fingerprint density at radius 3 is 2.46 bits per heavy atom. The first-order chi connectivity index (χ1) is 12.8. The van der Waals surface area contributed by atoms with Crippen molar-refractivity contribution in [2.75, 3.05) is 24.5 Å². The molecule has 5 nitrogen and oxygen atoms in total. The third-order valence-electron chi connectivity index (χ3n) is 5.52. The SMILES string of the molecule is O=C(NCc1ccc(N2CCCC2)nc1)NCC1(c2ccccc2)CC1. The summed E-state index contributed by atoms with van der Waals surface area (Å²) < 4.78 is 0. The summed E-state index contributed by atoms with van der Waals surface area (Å²) in [5.41, 5.74) is 2.48. The number of carbonyl (C=O) groups excluding carboxylic acids is 1. The Morgan fingerprint density at radius 1 is 1.04 bits per heavy atom. The number of hydrogen-bond donors (Lipinski definition) is 2. The zero-order chi connectivity index (χ0) is 17.8. The van der Waals surface area contributed by atoms with Crippen molar-refractivity contribution >= 4 is 11.8 Å². The molecule has 0 radical (unpaired) electrons. The van der Waals surface area contributed by atoms with Crippen LogP contribution in [0.2, 0.25) is 0 Å². The van der Waals surface area contributed by atoms with Gasteiger partial charge in [0.1, 0.15) is 5.82 Å². The largest absolute Gasteiger partial charge is 0.357 e. The highest BCUT2D eigenvalue weighted by Crippen LogP contribution is 2.47. The molecule has 1 aliphatic heterocycles. The minimum Gasteiger partial charge on any atom is -0.357 e. The molecular formula is C21H26N4O. The van der Waals surface area contributed by atoms with E-state index < -0.39 is 0 Å². The van der Waals surface area contributed by atoms with Crippen LogP contribution in [0.5, 0.6) is 0 Å². The van der Waals surface area contributed by atoms with Crippen LogP contribution in [0.25, 0.3) is 0 Å². The topological polar surface area (TPSA) is 57.3 Å². The molecule has 4 rings (SSSR count). The van der Waals surface area contributed by atoms with Gasteiger partial charge in [-0.15, -0.1) is 0 Å². The summed E-state index contributed by atoms with van der Waals surface area (Å²) in [7, 11) is 0. The Labute approximate surface area is 154 Å². The van der Waals surface area contributed by atoms with Gasteiger partial charge in [0.2, 0.25) is 0 Å². The first-order valence-corrected chi connectivity index (χ1v) is 9.52. The summed E-state index contributed by atoms with van der Waals surface area (Å²) >= 11 is 0. The first kappa shape index (κ1) is 16.9. The van der Waals surface area contributed by atoms with Gasteiger partial charge in [0.15, 0.2) is 0 Å². The normalized spacial score (nSPS) is 17.8. The van der Waals surface area contributed by atoms with Gasteiger partial charge in [0.05, 0.1) is 0 Å². The molecular weight excluding hydrogens is 324 g/mol. The van der Waals surface area contributed by atoms with E-state index in [0.717, 1.165) is 37.3 Å². The van der Waals surface area contributed by atoms with Gasteiger partial charge in [0, 0.05) is 37.8 Å². The van der Waals surface area contributed by atoms with Crippen LogP contribution in [-0.2, 0) is 12.0 Å². The fourth-order valence-electron chi connectivity index (χ4n) is 3.66. The van der Waals surface area contributed by atoms with E-state index in [4.69, 9.17) is 0 Å². The zero-order valence-corrected chi connectivity index (χ0v) is 15.1. The van der Waals surface area contributed by atoms with E-state index in [2.05, 4.69) is 50.8 Å². The second-order valence-electron chi connectivity index (χ2n) is 7.40. The van der Waals surface area contributed by atoms with Gasteiger partial charge in [-0.1, -0.05) is 36.4 Å². The number of pyridine rings is 1. The molecule has 1 aromatic carbocycles. The lowest BCUT2D eigenvalue weighted by molar-refractivity contribution is 0.239. The van der Waals surface area contributed by atoms with Gasteiger partial charge in [0.25, 0.3) is 0 Å². The fourth-order valence-corrected chi connectivity index (χ4v) is 3.66. The third-order valence-corrected chi connectivity index (χ3v) is 5.52. The number of nitrogens with zero attached hydrogens (tertiary/aromatic N) is 2. The van der Waals surface area contributed by atoms with Gasteiger partial charge in [-0.3, -0.25) is 0 Å². The monoisotopic (exact) mass is 350 g/mol. The van der Waals surface area contributed by atoms with Gasteiger partial charge >= 0.3 is 6.03 Å². The number of carbonyl (C=O) groups is 1. The van der Waals surface area contributed by atoms with Gasteiger partial charge in [-0.05, 0) is 42.9 Å². The van der Waals surface area contributed by atoms with Crippen molar-refractivity contribution in [3.63, 3.8) is 0 Å². The molecule has 0 unspecified atom stereocenters. The van der Waals surface area contributed by atoms with Crippen LogP contribution in [0, 0.1) is 0 Å². The van der Waals surface area contributed by atoms with Crippen LogP contribution in [0.15, 0.2) is 48.7 Å². The van der Waals surface area contributed by atoms with E-state index in [9.17, 15) is 4.79 Å². The van der Waals surface area contributed by atoms with E-state index >= 15 is 0 Å². The second-order valence-corrected chi connectivity index (χ2v) is 7.40. The molecule has 2 aliphatic rings. The van der Waals surface area contributed by atoms with E-state index in [0.29, 0.717) is 13.1 Å². The highest BCUT2D eigenvalue weighted by atomic mass is 16.2. The highest BCUT2D eigenvalue weighted by Gasteiger charge is 2.44. The first-order valence-electron chi connectivity index (χ1n) is 9.52. The molecule has 1 aromatic heterocycles. The van der Waals surface area contributed by atoms with E-state index in [1.807, 2.05) is 18.3 Å². The maximum Gasteiger partial charge on any atom is 0.315 e. The molecule has 1 saturated heterocycles. The van der Waals surface area contributed by atoms with Crippen LogP contribution < -0.4 is 15.5 Å². The Kier molecular flexibility index (Phi) is 4.78. The van der Waals surface area contributed by atoms with E-state index in [1.54, 1.807) is 0 Å². The maximum atomic E-state index is 12.1. The predicted octanol–water partition coefficient (Wildman–Crippen LogP) is 3.21. The number of hydrogen-bond acceptors (Lipinski definition) is 3. The Bertz CT molecular complexity index is 734. The molecule has 2 N–H and O–H groups in total. The smallest absolute Gasteiger partial charge is 0.315 e. The standard InChI is InChI=1S/C21H26N4O/c26-20(24-16-21(10-11-21)18-6-2-1-3-7-18)23-15-17-8-9-19(22-14-17)25-12-4-5-13-25/h1-3,6-9,14H,4-5,10-13,15-16H2,(H2,23,24,26). The lowest BCUT2D eigenvalue weighted by Crippen LogP contribution is -2.39. The number of aromatic nitrogens is 1. The van der Waals surface area contributed by atoms with Gasteiger partial charge in [-0.2, -0.15) is 0 Å². The summed E-state index contributed by atoms with van der Waals surface area (Å²) in [6.45, 7) is 3.37. The van der Waals surface area contributed by atoms with Crippen molar-refractivity contribution in [1.82, 2.24) is 15.6 Å². The number of urea groups is 1. The molecule has 0 bridgehead atoms. The molecule has 136 valence electrons. The van der Waals surface area contributed by atoms with E-state index in [-0.39, 0.29) is 11.4 Å². The van der Waals surface area contributed by atoms with Crippen LogP contribution >= 0.6 is 0 Å². The maximum absolute atomic E-state index is 12.1. The Hall–Kier alpha value is -2.56. The van der Waals surface area contributed by atoms with Crippen molar-refractivity contribution in [3.8, 4) is 0 Å². The van der Waals surface area contributed by atoms with Crippen LogP contribution in [0.3, 0.4) is 0 Å². The molecule has 1 aliphatic carbocycles. The lowest BCUT2D eigenvalue weighted by atomic mass is 9.96. The van der Waals surface area contributed by atoms with Crippen molar-refractivity contribution in [1.29, 1.82) is 0 Å². The van der Waals surface area contributed by atoms with Gasteiger partial charge in [-0.25, -0.2) is 9.78 Å². The van der Waals surface area contributed by atoms with Crippen LogP contribution in [-0.4, -0.2) is 30.6 Å². The van der Waals surface area contributed by atoms with Crippen molar-refractivity contribution in [2.45, 2.75) is 37.6 Å². The fraction of sp³-hybridized carbons (Fsp3) is 0.429. The summed E-state index contributed by atoms with van der Waals surface area (Å²) in [6, 6.07) is 14.4. The zero-order valence-electron chi connectivity index (χ0n) is 15.1. The number of amides is 2. The Balaban J connectivity index is 1.24. The molecule has 2 heterocycles. The number of rotatable bonds is 6. The molecule has 0 atom stereocenters. The number of anilines is 1. The van der Waals surface area contributed by atoms with Crippen molar-refractivity contribution in [3.05, 3.63) is 59.8 Å². The molecule has 26 heavy (non-hydrogen) atoms. The predicted molar refractivity (Wildman–Crippen MR) is 103 cm³/mol. The number of nitrogens with one attached hydrogen (secondary N) is 2. The quantitative estimate of drug-likeness (QED) is 0.841. The summed E-state index contributed by atoms with van der Waals surface area (Å²) in [5.74, 6) is 1.04. The summed E-state index contributed by atoms with van der Waals surface area (Å²) in [4.78, 5) is 19.0. The van der Waals surface area contributed by atoms with Crippen LogP contribution in [0.4, 0.5) is 10.6 Å². The average molecular weight is 350 g/mol. The molecule has 0 spiro atoms. The average Bonchev–Trinajstić information content (AvgIpc) is 3.29. The minimum atomic E-state index is -0.115. The molecule has 1 saturated carbocycles. The molecule has 2 amide bonds. The van der Waals surface area contributed by atoms with Crippen molar-refractivity contribution in [2.24, 2.45) is 0 Å². The third kappa shape index (κ3) is 3.82. The highest BCUT2D eigenvalue weighted by molar-refractivity contribution is 5.74. The second kappa shape index (κ2) is 7.36. The summed E-state index contributed by atoms with van der Waals surface area (Å²) in [5, 5.41) is 5.97. The number of benzene rings is 1. The van der Waals surface area contributed by atoms with Gasteiger partial charge < -0.3 is 15.5 Å². The van der Waals surface area contributed by atoms with Crippen molar-refractivity contribution < 1.29 is 4.79 Å². The molecule has 5 heteroatoms. The minimum absolute atomic E-state index is 0.115. The molecule has 2 aromatic rings. The Morgan fingerprint density at radius 2 is 1.81 bits per heavy atom. The molecule has 2 fully saturated rings. The summed E-state index contributed by atoms with van der Waals surface area (Å²) in [6.07, 6.45) is 6.63. The van der Waals surface area contributed by atoms with E-state index in [1.165, 1.54) is 18.4 Å². The van der Waals surface area contributed by atoms with Crippen LogP contribution in [0.1, 0.15) is 36.8 Å².